The number of nitrogens with one attached hydrogen (secondary N) is 2. The lowest BCUT2D eigenvalue weighted by atomic mass is 9.89. The first kappa shape index (κ1) is 19.0. The molecule has 1 aliphatic rings. The molecule has 0 saturated carbocycles. The Labute approximate surface area is 160 Å². The van der Waals surface area contributed by atoms with Crippen LogP contribution in [0.25, 0.3) is 0 Å². The Balaban J connectivity index is 1.82. The first-order valence-electron chi connectivity index (χ1n) is 8.71. The molecule has 1 heterocycles. The number of hydrogen-bond acceptors (Lipinski definition) is 3. The molecule has 140 valence electrons. The van der Waals surface area contributed by atoms with Crippen molar-refractivity contribution in [2.45, 2.75) is 32.4 Å². The molecule has 0 radical (unpaired) electrons. The van der Waals surface area contributed by atoms with Gasteiger partial charge in [-0.25, -0.2) is 8.42 Å². The summed E-state index contributed by atoms with van der Waals surface area (Å²) in [5, 5.41) is 2.89. The van der Waals surface area contributed by atoms with Crippen LogP contribution in [-0.4, -0.2) is 14.3 Å². The van der Waals surface area contributed by atoms with E-state index in [-0.39, 0.29) is 17.6 Å². The highest BCUT2D eigenvalue weighted by atomic mass is 32.2. The van der Waals surface area contributed by atoms with Gasteiger partial charge in [0.15, 0.2) is 0 Å². The Morgan fingerprint density at radius 1 is 1.22 bits per heavy atom. The van der Waals surface area contributed by atoms with Crippen molar-refractivity contribution in [2.75, 3.05) is 10.0 Å². The van der Waals surface area contributed by atoms with Gasteiger partial charge < -0.3 is 5.32 Å². The molecule has 1 unspecified atom stereocenters. The average Bonchev–Trinajstić information content (AvgIpc) is 2.58. The standard InChI is InChI=1S/C21H22N2O3S/c1-4-5-17-11-18-12-19(10-15(3)20(18)22-21(17)24)23-27(25,26)13-16-8-6-14(2)7-9-16/h1,6-10,12,17,23H,5,11,13H2,2-3H3,(H,22,24). The molecule has 1 amide bonds. The number of terminal acetylenes is 1. The summed E-state index contributed by atoms with van der Waals surface area (Å²) in [6.07, 6.45) is 6.20. The quantitative estimate of drug-likeness (QED) is 0.779. The monoisotopic (exact) mass is 382 g/mol. The van der Waals surface area contributed by atoms with Crippen molar-refractivity contribution >= 4 is 27.3 Å². The van der Waals surface area contributed by atoms with Crippen molar-refractivity contribution < 1.29 is 13.2 Å². The summed E-state index contributed by atoms with van der Waals surface area (Å²) in [7, 11) is -3.55. The summed E-state index contributed by atoms with van der Waals surface area (Å²) in [6.45, 7) is 3.80. The van der Waals surface area contributed by atoms with E-state index in [0.717, 1.165) is 27.9 Å². The fraction of sp³-hybridized carbons (Fsp3) is 0.286. The van der Waals surface area contributed by atoms with Gasteiger partial charge in [0.1, 0.15) is 0 Å². The maximum atomic E-state index is 12.5. The number of hydrogen-bond donors (Lipinski definition) is 2. The lowest BCUT2D eigenvalue weighted by molar-refractivity contribution is -0.120. The second-order valence-electron chi connectivity index (χ2n) is 6.97. The Bertz CT molecular complexity index is 1020. The fourth-order valence-corrected chi connectivity index (χ4v) is 4.45. The van der Waals surface area contributed by atoms with Crippen LogP contribution < -0.4 is 10.0 Å². The molecule has 0 aliphatic carbocycles. The van der Waals surface area contributed by atoms with Crippen molar-refractivity contribution in [3.63, 3.8) is 0 Å². The van der Waals surface area contributed by atoms with E-state index in [0.29, 0.717) is 18.5 Å². The lowest BCUT2D eigenvalue weighted by Crippen LogP contribution is -2.30. The number of carbonyl (C=O) groups is 1. The minimum absolute atomic E-state index is 0.0868. The largest absolute Gasteiger partial charge is 0.325 e. The summed E-state index contributed by atoms with van der Waals surface area (Å²) < 4.78 is 27.7. The molecule has 2 aromatic carbocycles. The molecule has 3 rings (SSSR count). The van der Waals surface area contributed by atoms with Crippen LogP contribution in [0, 0.1) is 32.1 Å². The average molecular weight is 382 g/mol. The van der Waals surface area contributed by atoms with Crippen molar-refractivity contribution in [2.24, 2.45) is 5.92 Å². The van der Waals surface area contributed by atoms with Crippen LogP contribution in [0.1, 0.15) is 28.7 Å². The van der Waals surface area contributed by atoms with Gasteiger partial charge in [-0.2, -0.15) is 0 Å². The van der Waals surface area contributed by atoms with Crippen LogP contribution in [0.15, 0.2) is 36.4 Å². The molecule has 27 heavy (non-hydrogen) atoms. The van der Waals surface area contributed by atoms with Crippen LogP contribution in [0.2, 0.25) is 0 Å². The molecular weight excluding hydrogens is 360 g/mol. The lowest BCUT2D eigenvalue weighted by Gasteiger charge is -2.25. The number of anilines is 2. The summed E-state index contributed by atoms with van der Waals surface area (Å²) >= 11 is 0. The van der Waals surface area contributed by atoms with Crippen LogP contribution in [0.3, 0.4) is 0 Å². The molecule has 1 atom stereocenters. The van der Waals surface area contributed by atoms with E-state index >= 15 is 0 Å². The Morgan fingerprint density at radius 2 is 1.93 bits per heavy atom. The van der Waals surface area contributed by atoms with E-state index in [2.05, 4.69) is 16.0 Å². The zero-order chi connectivity index (χ0) is 19.6. The minimum atomic E-state index is -3.55. The Morgan fingerprint density at radius 3 is 2.59 bits per heavy atom. The molecule has 0 saturated heterocycles. The number of benzene rings is 2. The molecule has 0 bridgehead atoms. The summed E-state index contributed by atoms with van der Waals surface area (Å²) in [4.78, 5) is 12.1. The van der Waals surface area contributed by atoms with E-state index in [1.54, 1.807) is 12.1 Å². The van der Waals surface area contributed by atoms with Gasteiger partial charge in [0.2, 0.25) is 15.9 Å². The first-order chi connectivity index (χ1) is 12.8. The van der Waals surface area contributed by atoms with Crippen LogP contribution >= 0.6 is 0 Å². The second kappa shape index (κ2) is 7.45. The van der Waals surface area contributed by atoms with Gasteiger partial charge in [-0.05, 0) is 49.1 Å². The zero-order valence-electron chi connectivity index (χ0n) is 15.4. The Kier molecular flexibility index (Phi) is 5.24. The predicted octanol–water partition coefficient (Wildman–Crippen LogP) is 3.38. The predicted molar refractivity (Wildman–Crippen MR) is 108 cm³/mol. The van der Waals surface area contributed by atoms with Crippen LogP contribution in [0.4, 0.5) is 11.4 Å². The molecular formula is C21H22N2O3S. The maximum Gasteiger partial charge on any atom is 0.236 e. The number of fused-ring (bicyclic) bond motifs is 1. The third-order valence-electron chi connectivity index (χ3n) is 4.62. The summed E-state index contributed by atoms with van der Waals surface area (Å²) in [5.41, 5.74) is 4.75. The minimum Gasteiger partial charge on any atom is -0.325 e. The third kappa shape index (κ3) is 4.50. The molecule has 5 nitrogen and oxygen atoms in total. The maximum absolute atomic E-state index is 12.5. The molecule has 2 N–H and O–H groups in total. The van der Waals surface area contributed by atoms with E-state index < -0.39 is 10.0 Å². The normalized spacial score (nSPS) is 16.2. The molecule has 2 aromatic rings. The van der Waals surface area contributed by atoms with Gasteiger partial charge in [-0.3, -0.25) is 9.52 Å². The van der Waals surface area contributed by atoms with Gasteiger partial charge in [0.05, 0.1) is 11.7 Å². The fourth-order valence-electron chi connectivity index (χ4n) is 3.27. The van der Waals surface area contributed by atoms with Gasteiger partial charge in [0, 0.05) is 17.8 Å². The first-order valence-corrected chi connectivity index (χ1v) is 10.4. The van der Waals surface area contributed by atoms with Gasteiger partial charge in [-0.1, -0.05) is 29.8 Å². The van der Waals surface area contributed by atoms with Gasteiger partial charge in [0.25, 0.3) is 0 Å². The second-order valence-corrected chi connectivity index (χ2v) is 8.69. The van der Waals surface area contributed by atoms with Crippen molar-refractivity contribution in [3.8, 4) is 12.3 Å². The summed E-state index contributed by atoms with van der Waals surface area (Å²) in [5.74, 6) is 2.05. The van der Waals surface area contributed by atoms with Crippen LogP contribution in [0.5, 0.6) is 0 Å². The summed E-state index contributed by atoms with van der Waals surface area (Å²) in [6, 6.07) is 10.9. The molecule has 6 heteroatoms. The van der Waals surface area contributed by atoms with Crippen molar-refractivity contribution in [1.82, 2.24) is 0 Å². The topological polar surface area (TPSA) is 75.3 Å². The van der Waals surface area contributed by atoms with E-state index in [9.17, 15) is 13.2 Å². The van der Waals surface area contributed by atoms with E-state index in [1.807, 2.05) is 38.1 Å². The van der Waals surface area contributed by atoms with E-state index in [4.69, 9.17) is 6.42 Å². The molecule has 1 aliphatic heterocycles. The highest BCUT2D eigenvalue weighted by molar-refractivity contribution is 7.91. The third-order valence-corrected chi connectivity index (χ3v) is 5.88. The Hall–Kier alpha value is -2.78. The number of carbonyl (C=O) groups excluding carboxylic acids is 1. The number of amides is 1. The molecule has 0 fully saturated rings. The number of rotatable bonds is 5. The highest BCUT2D eigenvalue weighted by Crippen LogP contribution is 2.33. The van der Waals surface area contributed by atoms with Crippen LogP contribution in [-0.2, 0) is 27.0 Å². The van der Waals surface area contributed by atoms with Crippen molar-refractivity contribution in [3.05, 3.63) is 58.7 Å². The molecule has 0 spiro atoms. The van der Waals surface area contributed by atoms with Gasteiger partial charge in [-0.15, -0.1) is 12.3 Å². The van der Waals surface area contributed by atoms with E-state index in [1.165, 1.54) is 0 Å². The number of aryl methyl sites for hydroxylation is 2. The van der Waals surface area contributed by atoms with Gasteiger partial charge >= 0.3 is 0 Å². The SMILES string of the molecule is C#CCC1Cc2cc(NS(=O)(=O)Cc3ccc(C)cc3)cc(C)c2NC1=O. The highest BCUT2D eigenvalue weighted by Gasteiger charge is 2.27. The smallest absolute Gasteiger partial charge is 0.236 e. The van der Waals surface area contributed by atoms with Crippen molar-refractivity contribution in [1.29, 1.82) is 0 Å². The molecule has 0 aromatic heterocycles. The zero-order valence-corrected chi connectivity index (χ0v) is 16.2. The number of sulfonamides is 1.